The van der Waals surface area contributed by atoms with Gasteiger partial charge in [-0.25, -0.2) is 0 Å². The summed E-state index contributed by atoms with van der Waals surface area (Å²) in [6, 6.07) is 9.86. The molecule has 0 saturated heterocycles. The fourth-order valence-corrected chi connectivity index (χ4v) is 1.44. The van der Waals surface area contributed by atoms with Crippen LogP contribution < -0.4 is 10.6 Å². The van der Waals surface area contributed by atoms with Gasteiger partial charge in [-0.3, -0.25) is 9.59 Å². The molecule has 0 aliphatic rings. The molecule has 2 amide bonds. The Bertz CT molecular complexity index is 390. The first-order valence-corrected chi connectivity index (χ1v) is 6.26. The Kier molecular flexibility index (Phi) is 5.91. The van der Waals surface area contributed by atoms with Gasteiger partial charge in [0.15, 0.2) is 0 Å². The third-order valence-electron chi connectivity index (χ3n) is 2.74. The molecule has 1 aromatic rings. The maximum atomic E-state index is 11.5. The molecule has 0 fully saturated rings. The van der Waals surface area contributed by atoms with Gasteiger partial charge < -0.3 is 10.6 Å². The Morgan fingerprint density at radius 3 is 2.44 bits per heavy atom. The lowest BCUT2D eigenvalue weighted by molar-refractivity contribution is -0.139. The average Bonchev–Trinajstić information content (AvgIpc) is 2.39. The Hall–Kier alpha value is -1.84. The summed E-state index contributed by atoms with van der Waals surface area (Å²) >= 11 is 0. The molecule has 2 N–H and O–H groups in total. The molecule has 18 heavy (non-hydrogen) atoms. The Morgan fingerprint density at radius 2 is 1.83 bits per heavy atom. The van der Waals surface area contributed by atoms with Crippen molar-refractivity contribution in [3.8, 4) is 0 Å². The minimum Gasteiger partial charge on any atom is -0.348 e. The molecule has 0 saturated carbocycles. The molecule has 0 heterocycles. The molecule has 0 spiro atoms. The summed E-state index contributed by atoms with van der Waals surface area (Å²) in [5.74, 6) is -1.12. The van der Waals surface area contributed by atoms with Crippen molar-refractivity contribution >= 4 is 11.8 Å². The number of benzene rings is 1. The zero-order valence-corrected chi connectivity index (χ0v) is 10.9. The van der Waals surface area contributed by atoms with Crippen molar-refractivity contribution in [2.45, 2.75) is 32.7 Å². The van der Waals surface area contributed by atoms with Crippen LogP contribution in [0.3, 0.4) is 0 Å². The molecule has 4 heteroatoms. The molecule has 98 valence electrons. The third-order valence-corrected chi connectivity index (χ3v) is 2.74. The summed E-state index contributed by atoms with van der Waals surface area (Å²) in [6.45, 7) is 4.30. The van der Waals surface area contributed by atoms with Crippen molar-refractivity contribution in [1.82, 2.24) is 10.6 Å². The minimum absolute atomic E-state index is 0.0253. The van der Waals surface area contributed by atoms with Crippen LogP contribution in [0.15, 0.2) is 30.3 Å². The zero-order chi connectivity index (χ0) is 13.4. The summed E-state index contributed by atoms with van der Waals surface area (Å²) in [7, 11) is 0. The summed E-state index contributed by atoms with van der Waals surface area (Å²) in [6.07, 6.45) is 1.53. The summed E-state index contributed by atoms with van der Waals surface area (Å²) < 4.78 is 0. The van der Waals surface area contributed by atoms with Gasteiger partial charge in [0.25, 0.3) is 0 Å². The standard InChI is InChI=1S/C14H20N2O2/c1-3-11(2)16-14(18)13(17)15-10-9-12-7-5-4-6-8-12/h4-8,11H,3,9-10H2,1-2H3,(H,15,17)(H,16,18). The molecule has 1 rings (SSSR count). The van der Waals surface area contributed by atoms with Crippen molar-refractivity contribution in [2.24, 2.45) is 0 Å². The van der Waals surface area contributed by atoms with Gasteiger partial charge in [0, 0.05) is 12.6 Å². The van der Waals surface area contributed by atoms with Gasteiger partial charge in [-0.1, -0.05) is 37.3 Å². The van der Waals surface area contributed by atoms with Gasteiger partial charge in [0.1, 0.15) is 0 Å². The summed E-state index contributed by atoms with van der Waals surface area (Å²) in [4.78, 5) is 22.9. The average molecular weight is 248 g/mol. The predicted molar refractivity (Wildman–Crippen MR) is 71.1 cm³/mol. The molecule has 0 aliphatic carbocycles. The Morgan fingerprint density at radius 1 is 1.17 bits per heavy atom. The topological polar surface area (TPSA) is 58.2 Å². The highest BCUT2D eigenvalue weighted by Crippen LogP contribution is 1.98. The Labute approximate surface area is 108 Å². The van der Waals surface area contributed by atoms with Crippen LogP contribution in [-0.2, 0) is 16.0 Å². The van der Waals surface area contributed by atoms with E-state index in [4.69, 9.17) is 0 Å². The quantitative estimate of drug-likeness (QED) is 0.771. The van der Waals surface area contributed by atoms with Gasteiger partial charge in [-0.15, -0.1) is 0 Å². The monoisotopic (exact) mass is 248 g/mol. The second-order valence-corrected chi connectivity index (χ2v) is 4.27. The van der Waals surface area contributed by atoms with Gasteiger partial charge >= 0.3 is 11.8 Å². The van der Waals surface area contributed by atoms with Gasteiger partial charge in [0.2, 0.25) is 0 Å². The van der Waals surface area contributed by atoms with E-state index in [1.54, 1.807) is 0 Å². The van der Waals surface area contributed by atoms with Crippen LogP contribution in [0.5, 0.6) is 0 Å². The third kappa shape index (κ3) is 4.99. The van der Waals surface area contributed by atoms with E-state index in [0.717, 1.165) is 18.4 Å². The SMILES string of the molecule is CCC(C)NC(=O)C(=O)NCCc1ccccc1. The molecule has 1 atom stereocenters. The molecule has 0 radical (unpaired) electrons. The molecule has 0 bridgehead atoms. The highest BCUT2D eigenvalue weighted by molar-refractivity contribution is 6.35. The lowest BCUT2D eigenvalue weighted by Crippen LogP contribution is -2.43. The van der Waals surface area contributed by atoms with Crippen LogP contribution in [0, 0.1) is 0 Å². The fraction of sp³-hybridized carbons (Fsp3) is 0.429. The van der Waals surface area contributed by atoms with Gasteiger partial charge in [-0.2, -0.15) is 0 Å². The van der Waals surface area contributed by atoms with Crippen LogP contribution in [0.2, 0.25) is 0 Å². The zero-order valence-electron chi connectivity index (χ0n) is 10.9. The van der Waals surface area contributed by atoms with Crippen molar-refractivity contribution in [3.05, 3.63) is 35.9 Å². The fourth-order valence-electron chi connectivity index (χ4n) is 1.44. The first-order chi connectivity index (χ1) is 8.63. The van der Waals surface area contributed by atoms with Crippen molar-refractivity contribution in [1.29, 1.82) is 0 Å². The first kappa shape index (κ1) is 14.2. The van der Waals surface area contributed by atoms with Crippen LogP contribution in [0.1, 0.15) is 25.8 Å². The lowest BCUT2D eigenvalue weighted by Gasteiger charge is -2.11. The minimum atomic E-state index is -0.564. The van der Waals surface area contributed by atoms with E-state index in [2.05, 4.69) is 10.6 Å². The first-order valence-electron chi connectivity index (χ1n) is 6.26. The number of amides is 2. The number of hydrogen-bond acceptors (Lipinski definition) is 2. The number of nitrogens with one attached hydrogen (secondary N) is 2. The second kappa shape index (κ2) is 7.48. The molecule has 0 aromatic heterocycles. The van der Waals surface area contributed by atoms with Crippen LogP contribution in [0.25, 0.3) is 0 Å². The second-order valence-electron chi connectivity index (χ2n) is 4.27. The van der Waals surface area contributed by atoms with E-state index >= 15 is 0 Å². The van der Waals surface area contributed by atoms with Gasteiger partial charge in [-0.05, 0) is 25.3 Å². The van der Waals surface area contributed by atoms with E-state index in [0.29, 0.717) is 6.54 Å². The molecule has 0 aliphatic heterocycles. The van der Waals surface area contributed by atoms with E-state index in [1.807, 2.05) is 44.2 Å². The highest BCUT2D eigenvalue weighted by atomic mass is 16.2. The summed E-state index contributed by atoms with van der Waals surface area (Å²) in [5, 5.41) is 5.24. The van der Waals surface area contributed by atoms with Crippen molar-refractivity contribution in [3.63, 3.8) is 0 Å². The maximum absolute atomic E-state index is 11.5. The molecular weight excluding hydrogens is 228 g/mol. The Balaban J connectivity index is 2.27. The van der Waals surface area contributed by atoms with Crippen LogP contribution >= 0.6 is 0 Å². The van der Waals surface area contributed by atoms with E-state index in [1.165, 1.54) is 0 Å². The van der Waals surface area contributed by atoms with Crippen LogP contribution in [-0.4, -0.2) is 24.4 Å². The van der Waals surface area contributed by atoms with Crippen LogP contribution in [0.4, 0.5) is 0 Å². The van der Waals surface area contributed by atoms with E-state index < -0.39 is 11.8 Å². The smallest absolute Gasteiger partial charge is 0.309 e. The number of carbonyl (C=O) groups excluding carboxylic acids is 2. The van der Waals surface area contributed by atoms with E-state index in [9.17, 15) is 9.59 Å². The maximum Gasteiger partial charge on any atom is 0.309 e. The summed E-state index contributed by atoms with van der Waals surface area (Å²) in [5.41, 5.74) is 1.14. The predicted octanol–water partition coefficient (Wildman–Crippen LogP) is 1.26. The largest absolute Gasteiger partial charge is 0.348 e. The number of rotatable bonds is 5. The van der Waals surface area contributed by atoms with Gasteiger partial charge in [0.05, 0.1) is 0 Å². The number of hydrogen-bond donors (Lipinski definition) is 2. The number of carbonyl (C=O) groups is 2. The van der Waals surface area contributed by atoms with Crippen molar-refractivity contribution < 1.29 is 9.59 Å². The molecule has 1 unspecified atom stereocenters. The lowest BCUT2D eigenvalue weighted by atomic mass is 10.1. The normalized spacial score (nSPS) is 11.7. The van der Waals surface area contributed by atoms with Crippen molar-refractivity contribution in [2.75, 3.05) is 6.54 Å². The highest BCUT2D eigenvalue weighted by Gasteiger charge is 2.14. The van der Waals surface area contributed by atoms with E-state index in [-0.39, 0.29) is 6.04 Å². The molecule has 1 aromatic carbocycles. The molecular formula is C14H20N2O2. The molecule has 4 nitrogen and oxygen atoms in total.